The van der Waals surface area contributed by atoms with Gasteiger partial charge in [-0.3, -0.25) is 4.79 Å². The standard InChI is InChI=1S/C18H21N5O3S/c19-5-6-21-17(24)16(12-22-18(25)23-7-9-26-10-8-23)27-13-15-4-2-1-3-14(15)11-20/h1-4,16H,6-10,12-13H2,(H,21,24)(H,22,25). The van der Waals surface area contributed by atoms with E-state index in [2.05, 4.69) is 16.7 Å². The van der Waals surface area contributed by atoms with E-state index in [1.807, 2.05) is 18.2 Å². The number of urea groups is 1. The third-order valence-electron chi connectivity index (χ3n) is 3.95. The number of nitriles is 2. The van der Waals surface area contributed by atoms with Crippen LogP contribution in [-0.2, 0) is 15.3 Å². The fourth-order valence-corrected chi connectivity index (χ4v) is 3.54. The molecule has 0 radical (unpaired) electrons. The lowest BCUT2D eigenvalue weighted by molar-refractivity contribution is -0.120. The van der Waals surface area contributed by atoms with E-state index in [1.54, 1.807) is 17.0 Å². The molecule has 1 unspecified atom stereocenters. The first-order valence-corrected chi connectivity index (χ1v) is 9.55. The van der Waals surface area contributed by atoms with E-state index < -0.39 is 5.25 Å². The maximum absolute atomic E-state index is 12.3. The van der Waals surface area contributed by atoms with Crippen LogP contribution in [-0.4, -0.2) is 61.5 Å². The van der Waals surface area contributed by atoms with Gasteiger partial charge in [0.1, 0.15) is 11.8 Å². The molecule has 2 N–H and O–H groups in total. The van der Waals surface area contributed by atoms with Crippen molar-refractivity contribution in [1.82, 2.24) is 15.5 Å². The van der Waals surface area contributed by atoms with Gasteiger partial charge >= 0.3 is 6.03 Å². The Hall–Kier alpha value is -2.75. The van der Waals surface area contributed by atoms with Crippen molar-refractivity contribution < 1.29 is 14.3 Å². The van der Waals surface area contributed by atoms with E-state index >= 15 is 0 Å². The summed E-state index contributed by atoms with van der Waals surface area (Å²) in [6.07, 6.45) is 0. The van der Waals surface area contributed by atoms with E-state index in [0.717, 1.165) is 5.56 Å². The summed E-state index contributed by atoms with van der Waals surface area (Å²) >= 11 is 1.32. The van der Waals surface area contributed by atoms with Crippen molar-refractivity contribution in [3.05, 3.63) is 35.4 Å². The number of nitrogens with zero attached hydrogens (tertiary/aromatic N) is 3. The number of morpholine rings is 1. The molecule has 3 amide bonds. The molecular weight excluding hydrogens is 366 g/mol. The van der Waals surface area contributed by atoms with Crippen LogP contribution in [0.15, 0.2) is 24.3 Å². The average Bonchev–Trinajstić information content (AvgIpc) is 2.72. The summed E-state index contributed by atoms with van der Waals surface area (Å²) in [4.78, 5) is 26.2. The van der Waals surface area contributed by atoms with E-state index in [4.69, 9.17) is 10.00 Å². The normalized spacial score (nSPS) is 14.5. The molecule has 0 aliphatic carbocycles. The molecule has 142 valence electrons. The van der Waals surface area contributed by atoms with Gasteiger partial charge in [-0.2, -0.15) is 10.5 Å². The van der Waals surface area contributed by atoms with Crippen molar-refractivity contribution in [2.45, 2.75) is 11.0 Å². The summed E-state index contributed by atoms with van der Waals surface area (Å²) < 4.78 is 5.22. The second-order valence-electron chi connectivity index (χ2n) is 5.73. The van der Waals surface area contributed by atoms with Crippen molar-refractivity contribution in [3.8, 4) is 12.1 Å². The van der Waals surface area contributed by atoms with Crippen LogP contribution in [0.1, 0.15) is 11.1 Å². The van der Waals surface area contributed by atoms with E-state index in [9.17, 15) is 14.9 Å². The van der Waals surface area contributed by atoms with Gasteiger partial charge in [-0.1, -0.05) is 18.2 Å². The lowest BCUT2D eigenvalue weighted by Gasteiger charge is -2.27. The molecule has 2 rings (SSSR count). The largest absolute Gasteiger partial charge is 0.378 e. The smallest absolute Gasteiger partial charge is 0.317 e. The lowest BCUT2D eigenvalue weighted by atomic mass is 10.1. The first kappa shape index (κ1) is 20.6. The van der Waals surface area contributed by atoms with E-state index in [-0.39, 0.29) is 25.0 Å². The van der Waals surface area contributed by atoms with Gasteiger partial charge in [0.15, 0.2) is 0 Å². The molecule has 0 aromatic heterocycles. The minimum absolute atomic E-state index is 0.0952. The van der Waals surface area contributed by atoms with Crippen molar-refractivity contribution in [2.75, 3.05) is 39.4 Å². The predicted molar refractivity (Wildman–Crippen MR) is 101 cm³/mol. The number of amides is 3. The topological polar surface area (TPSA) is 118 Å². The number of ether oxygens (including phenoxy) is 1. The number of carbonyl (C=O) groups excluding carboxylic acids is 2. The van der Waals surface area contributed by atoms with Crippen LogP contribution in [0.5, 0.6) is 0 Å². The Kier molecular flexibility index (Phi) is 8.43. The molecule has 0 saturated carbocycles. The molecule has 0 bridgehead atoms. The first-order valence-electron chi connectivity index (χ1n) is 8.50. The third kappa shape index (κ3) is 6.48. The van der Waals surface area contributed by atoms with Crippen LogP contribution in [0.3, 0.4) is 0 Å². The number of hydrogen-bond acceptors (Lipinski definition) is 6. The van der Waals surface area contributed by atoms with Crippen LogP contribution in [0.25, 0.3) is 0 Å². The number of rotatable bonds is 7. The van der Waals surface area contributed by atoms with Crippen LogP contribution in [0.4, 0.5) is 4.79 Å². The van der Waals surface area contributed by atoms with Crippen molar-refractivity contribution in [3.63, 3.8) is 0 Å². The highest BCUT2D eigenvalue weighted by atomic mass is 32.2. The molecule has 9 heteroatoms. The second-order valence-corrected chi connectivity index (χ2v) is 6.92. The zero-order valence-corrected chi connectivity index (χ0v) is 15.6. The SMILES string of the molecule is N#CCNC(=O)C(CNC(=O)N1CCOCC1)SCc1ccccc1C#N. The van der Waals surface area contributed by atoms with Gasteiger partial charge in [0, 0.05) is 25.4 Å². The zero-order valence-electron chi connectivity index (χ0n) is 14.8. The van der Waals surface area contributed by atoms with Gasteiger partial charge in [-0.15, -0.1) is 11.8 Å². The highest BCUT2D eigenvalue weighted by molar-refractivity contribution is 7.99. The van der Waals surface area contributed by atoms with E-state index in [0.29, 0.717) is 37.6 Å². The Balaban J connectivity index is 1.96. The Morgan fingerprint density at radius 2 is 1.96 bits per heavy atom. The fourth-order valence-electron chi connectivity index (χ4n) is 2.47. The molecule has 8 nitrogen and oxygen atoms in total. The Morgan fingerprint density at radius 3 is 2.67 bits per heavy atom. The molecule has 0 spiro atoms. The van der Waals surface area contributed by atoms with Crippen molar-refractivity contribution >= 4 is 23.7 Å². The third-order valence-corrected chi connectivity index (χ3v) is 5.21. The lowest BCUT2D eigenvalue weighted by Crippen LogP contribution is -2.49. The molecule has 1 aliphatic rings. The predicted octanol–water partition coefficient (Wildman–Crippen LogP) is 0.842. The maximum Gasteiger partial charge on any atom is 0.317 e. The van der Waals surface area contributed by atoms with Gasteiger partial charge in [0.25, 0.3) is 0 Å². The molecular formula is C18H21N5O3S. The highest BCUT2D eigenvalue weighted by Crippen LogP contribution is 2.20. The van der Waals surface area contributed by atoms with Gasteiger partial charge in [0.2, 0.25) is 5.91 Å². The number of carbonyl (C=O) groups is 2. The fraction of sp³-hybridized carbons (Fsp3) is 0.444. The summed E-state index contributed by atoms with van der Waals surface area (Å²) in [5, 5.41) is 22.6. The van der Waals surface area contributed by atoms with Gasteiger partial charge < -0.3 is 20.3 Å². The summed E-state index contributed by atoms with van der Waals surface area (Å²) in [5.74, 6) is 0.125. The maximum atomic E-state index is 12.3. The quantitative estimate of drug-likeness (QED) is 0.670. The average molecular weight is 387 g/mol. The molecule has 1 aliphatic heterocycles. The second kappa shape index (κ2) is 11.1. The number of hydrogen-bond donors (Lipinski definition) is 2. The van der Waals surface area contributed by atoms with Crippen molar-refractivity contribution in [1.29, 1.82) is 10.5 Å². The van der Waals surface area contributed by atoms with E-state index in [1.165, 1.54) is 11.8 Å². The molecule has 27 heavy (non-hydrogen) atoms. The Morgan fingerprint density at radius 1 is 1.22 bits per heavy atom. The van der Waals surface area contributed by atoms with Gasteiger partial charge in [-0.05, 0) is 11.6 Å². The minimum atomic E-state index is -0.574. The number of benzene rings is 1. The highest BCUT2D eigenvalue weighted by Gasteiger charge is 2.22. The molecule has 1 atom stereocenters. The molecule has 1 fully saturated rings. The summed E-state index contributed by atoms with van der Waals surface area (Å²) in [6.45, 7) is 2.06. The summed E-state index contributed by atoms with van der Waals surface area (Å²) in [5.41, 5.74) is 1.38. The van der Waals surface area contributed by atoms with Gasteiger partial charge in [-0.25, -0.2) is 4.79 Å². The Bertz CT molecular complexity index is 737. The monoisotopic (exact) mass is 387 g/mol. The molecule has 1 aromatic carbocycles. The van der Waals surface area contributed by atoms with Crippen molar-refractivity contribution in [2.24, 2.45) is 0 Å². The molecule has 1 saturated heterocycles. The Labute approximate surface area is 162 Å². The first-order chi connectivity index (χ1) is 13.2. The molecule has 1 heterocycles. The molecule has 1 aromatic rings. The minimum Gasteiger partial charge on any atom is -0.378 e. The summed E-state index contributed by atoms with van der Waals surface area (Å²) in [6, 6.07) is 10.9. The van der Waals surface area contributed by atoms with Crippen LogP contribution in [0, 0.1) is 22.7 Å². The summed E-state index contributed by atoms with van der Waals surface area (Å²) in [7, 11) is 0. The van der Waals surface area contributed by atoms with Crippen LogP contribution >= 0.6 is 11.8 Å². The number of nitrogens with one attached hydrogen (secondary N) is 2. The zero-order chi connectivity index (χ0) is 19.5. The van der Waals surface area contributed by atoms with Crippen LogP contribution < -0.4 is 10.6 Å². The van der Waals surface area contributed by atoms with Gasteiger partial charge in [0.05, 0.1) is 30.9 Å². The number of thioether (sulfide) groups is 1. The van der Waals surface area contributed by atoms with Crippen LogP contribution in [0.2, 0.25) is 0 Å².